The van der Waals surface area contributed by atoms with Crippen molar-refractivity contribution >= 4 is 21.5 Å². The van der Waals surface area contributed by atoms with Crippen LogP contribution in [0.2, 0.25) is 0 Å². The number of hydrogen-bond donors (Lipinski definition) is 1. The van der Waals surface area contributed by atoms with Crippen molar-refractivity contribution in [2.75, 3.05) is 0 Å². The van der Waals surface area contributed by atoms with Crippen molar-refractivity contribution in [2.24, 2.45) is 0 Å². The Kier molecular flexibility index (Phi) is 2.15. The molecule has 0 aliphatic carbocycles. The number of H-pyrrole nitrogens is 1. The van der Waals surface area contributed by atoms with Gasteiger partial charge < -0.3 is 4.98 Å². The molecule has 4 rings (SSSR count). The minimum absolute atomic E-state index is 0.912. The van der Waals surface area contributed by atoms with Gasteiger partial charge in [-0.05, 0) is 39.7 Å². The van der Waals surface area contributed by atoms with Crippen LogP contribution in [0.3, 0.4) is 0 Å². The van der Waals surface area contributed by atoms with E-state index in [4.69, 9.17) is 0 Å². The molecule has 0 saturated heterocycles. The van der Waals surface area contributed by atoms with E-state index < -0.39 is 0 Å². The number of hydrogen-bond acceptors (Lipinski definition) is 1. The summed E-state index contributed by atoms with van der Waals surface area (Å²) in [6, 6.07) is 19.4. The van der Waals surface area contributed by atoms with E-state index in [0.717, 1.165) is 11.4 Å². The van der Waals surface area contributed by atoms with Gasteiger partial charge in [0, 0.05) is 18.0 Å². The molecule has 2 heteroatoms. The van der Waals surface area contributed by atoms with Gasteiger partial charge in [0.1, 0.15) is 5.82 Å². The summed E-state index contributed by atoms with van der Waals surface area (Å²) < 4.78 is 0. The predicted molar refractivity (Wildman–Crippen MR) is 79.0 cm³/mol. The Bertz CT molecular complexity index is 861. The lowest BCUT2D eigenvalue weighted by Crippen LogP contribution is -1.82. The third-order valence-corrected chi connectivity index (χ3v) is 3.48. The SMILES string of the molecule is c1ccc2cc3cc(-c4ncc[nH]4)ccc3cc2c1. The molecular formula is C17H12N2. The zero-order valence-electron chi connectivity index (χ0n) is 10.3. The predicted octanol–water partition coefficient (Wildman–Crippen LogP) is 4.38. The number of nitrogens with zero attached hydrogens (tertiary/aromatic N) is 1. The van der Waals surface area contributed by atoms with Gasteiger partial charge in [-0.2, -0.15) is 0 Å². The van der Waals surface area contributed by atoms with E-state index in [2.05, 4.69) is 64.6 Å². The highest BCUT2D eigenvalue weighted by Crippen LogP contribution is 2.26. The van der Waals surface area contributed by atoms with Crippen LogP contribution < -0.4 is 0 Å². The molecule has 0 aliphatic heterocycles. The van der Waals surface area contributed by atoms with Crippen molar-refractivity contribution in [3.05, 3.63) is 67.0 Å². The molecule has 3 aromatic carbocycles. The third-order valence-electron chi connectivity index (χ3n) is 3.48. The van der Waals surface area contributed by atoms with Crippen LogP contribution in [-0.4, -0.2) is 9.97 Å². The van der Waals surface area contributed by atoms with E-state index in [0.29, 0.717) is 0 Å². The van der Waals surface area contributed by atoms with Crippen LogP contribution in [0.25, 0.3) is 32.9 Å². The smallest absolute Gasteiger partial charge is 0.137 e. The summed E-state index contributed by atoms with van der Waals surface area (Å²) >= 11 is 0. The van der Waals surface area contributed by atoms with Crippen LogP contribution in [0.4, 0.5) is 0 Å². The summed E-state index contributed by atoms with van der Waals surface area (Å²) in [4.78, 5) is 7.44. The van der Waals surface area contributed by atoms with Crippen molar-refractivity contribution < 1.29 is 0 Å². The molecule has 0 atom stereocenters. The van der Waals surface area contributed by atoms with Crippen molar-refractivity contribution in [3.8, 4) is 11.4 Å². The first kappa shape index (κ1) is 10.3. The zero-order valence-corrected chi connectivity index (χ0v) is 10.3. The Labute approximate surface area is 110 Å². The summed E-state index contributed by atoms with van der Waals surface area (Å²) in [5.41, 5.74) is 1.12. The first-order valence-electron chi connectivity index (χ1n) is 6.32. The minimum Gasteiger partial charge on any atom is -0.345 e. The van der Waals surface area contributed by atoms with Gasteiger partial charge in [-0.25, -0.2) is 4.98 Å². The molecule has 0 aliphatic rings. The van der Waals surface area contributed by atoms with E-state index >= 15 is 0 Å². The van der Waals surface area contributed by atoms with E-state index in [1.54, 1.807) is 6.20 Å². The Morgan fingerprint density at radius 3 is 2.21 bits per heavy atom. The average molecular weight is 244 g/mol. The molecule has 1 aromatic heterocycles. The molecular weight excluding hydrogens is 232 g/mol. The van der Waals surface area contributed by atoms with E-state index in [-0.39, 0.29) is 0 Å². The lowest BCUT2D eigenvalue weighted by Gasteiger charge is -2.04. The van der Waals surface area contributed by atoms with Gasteiger partial charge in [-0.15, -0.1) is 0 Å². The fourth-order valence-electron chi connectivity index (χ4n) is 2.51. The molecule has 0 fully saturated rings. The molecule has 2 nitrogen and oxygen atoms in total. The monoisotopic (exact) mass is 244 g/mol. The maximum Gasteiger partial charge on any atom is 0.137 e. The highest BCUT2D eigenvalue weighted by Gasteiger charge is 2.02. The highest BCUT2D eigenvalue weighted by molar-refractivity contribution is 5.99. The number of aromatic amines is 1. The topological polar surface area (TPSA) is 28.7 Å². The molecule has 0 unspecified atom stereocenters. The van der Waals surface area contributed by atoms with Crippen molar-refractivity contribution in [1.29, 1.82) is 0 Å². The minimum atomic E-state index is 0.912. The largest absolute Gasteiger partial charge is 0.345 e. The van der Waals surface area contributed by atoms with Crippen LogP contribution in [0, 0.1) is 0 Å². The van der Waals surface area contributed by atoms with Crippen LogP contribution in [0.15, 0.2) is 67.0 Å². The lowest BCUT2D eigenvalue weighted by molar-refractivity contribution is 1.31. The second-order valence-corrected chi connectivity index (χ2v) is 4.70. The standard InChI is InChI=1S/C17H12N2/c1-2-4-13-10-16-11-15(17-18-7-8-19-17)6-5-14(16)9-12(13)3-1/h1-11H,(H,18,19). The molecule has 0 amide bonds. The maximum absolute atomic E-state index is 4.30. The fourth-order valence-corrected chi connectivity index (χ4v) is 2.51. The molecule has 0 radical (unpaired) electrons. The summed E-state index contributed by atoms with van der Waals surface area (Å²) in [7, 11) is 0. The number of imidazole rings is 1. The van der Waals surface area contributed by atoms with Crippen molar-refractivity contribution in [1.82, 2.24) is 9.97 Å². The highest BCUT2D eigenvalue weighted by atomic mass is 14.9. The Hall–Kier alpha value is -2.61. The quantitative estimate of drug-likeness (QED) is 0.494. The normalized spacial score (nSPS) is 11.2. The van der Waals surface area contributed by atoms with E-state index in [9.17, 15) is 0 Å². The lowest BCUT2D eigenvalue weighted by atomic mass is 10.0. The molecule has 0 saturated carbocycles. The van der Waals surface area contributed by atoms with Crippen LogP contribution in [0.1, 0.15) is 0 Å². The van der Waals surface area contributed by atoms with Gasteiger partial charge in [0.05, 0.1) is 0 Å². The second kappa shape index (κ2) is 3.95. The number of fused-ring (bicyclic) bond motifs is 2. The number of aromatic nitrogens is 2. The van der Waals surface area contributed by atoms with Crippen LogP contribution in [0.5, 0.6) is 0 Å². The average Bonchev–Trinajstić information content (AvgIpc) is 2.98. The van der Waals surface area contributed by atoms with Gasteiger partial charge in [-0.3, -0.25) is 0 Å². The fraction of sp³-hybridized carbons (Fsp3) is 0. The molecule has 4 aromatic rings. The van der Waals surface area contributed by atoms with E-state index in [1.165, 1.54) is 21.5 Å². The second-order valence-electron chi connectivity index (χ2n) is 4.70. The molecule has 1 N–H and O–H groups in total. The Balaban J connectivity index is 2.00. The first-order valence-corrected chi connectivity index (χ1v) is 6.32. The van der Waals surface area contributed by atoms with Crippen molar-refractivity contribution in [2.45, 2.75) is 0 Å². The van der Waals surface area contributed by atoms with E-state index in [1.807, 2.05) is 6.20 Å². The summed E-state index contributed by atoms with van der Waals surface area (Å²) in [6.07, 6.45) is 3.62. The summed E-state index contributed by atoms with van der Waals surface area (Å²) in [5, 5.41) is 5.05. The zero-order chi connectivity index (χ0) is 12.7. The first-order chi connectivity index (χ1) is 9.40. The molecule has 1 heterocycles. The van der Waals surface area contributed by atoms with Crippen LogP contribution in [-0.2, 0) is 0 Å². The molecule has 90 valence electrons. The van der Waals surface area contributed by atoms with Crippen molar-refractivity contribution in [3.63, 3.8) is 0 Å². The molecule has 19 heavy (non-hydrogen) atoms. The number of rotatable bonds is 1. The molecule has 0 bridgehead atoms. The van der Waals surface area contributed by atoms with Gasteiger partial charge in [-0.1, -0.05) is 36.4 Å². The number of nitrogens with one attached hydrogen (secondary N) is 1. The maximum atomic E-state index is 4.30. The third kappa shape index (κ3) is 1.69. The Morgan fingerprint density at radius 1 is 0.737 bits per heavy atom. The van der Waals surface area contributed by atoms with Gasteiger partial charge in [0.2, 0.25) is 0 Å². The number of benzene rings is 3. The summed E-state index contributed by atoms with van der Waals surface area (Å²) in [5.74, 6) is 0.912. The Morgan fingerprint density at radius 2 is 1.47 bits per heavy atom. The van der Waals surface area contributed by atoms with Gasteiger partial charge in [0.25, 0.3) is 0 Å². The van der Waals surface area contributed by atoms with Crippen LogP contribution >= 0.6 is 0 Å². The molecule has 0 spiro atoms. The van der Waals surface area contributed by atoms with Gasteiger partial charge in [0.15, 0.2) is 0 Å². The summed E-state index contributed by atoms with van der Waals surface area (Å²) in [6.45, 7) is 0. The van der Waals surface area contributed by atoms with Gasteiger partial charge >= 0.3 is 0 Å².